The minimum atomic E-state index is -0.157. The number of nitrogens with zero attached hydrogens (tertiary/aromatic N) is 4. The Balaban J connectivity index is 1.26. The molecular weight excluding hydrogens is 422 g/mol. The van der Waals surface area contributed by atoms with E-state index in [2.05, 4.69) is 27.4 Å². The number of hydrogen-bond acceptors (Lipinski definition) is 3. The van der Waals surface area contributed by atoms with Crippen LogP contribution in [-0.4, -0.2) is 44.3 Å². The molecule has 34 heavy (non-hydrogen) atoms. The van der Waals surface area contributed by atoms with Gasteiger partial charge in [-0.2, -0.15) is 5.10 Å². The summed E-state index contributed by atoms with van der Waals surface area (Å²) in [5.74, 6) is 0.565. The quantitative estimate of drug-likeness (QED) is 0.471. The van der Waals surface area contributed by atoms with Gasteiger partial charge in [0, 0.05) is 37.2 Å². The number of amides is 1. The van der Waals surface area contributed by atoms with Crippen LogP contribution in [0.4, 0.5) is 5.69 Å². The van der Waals surface area contributed by atoms with Crippen molar-refractivity contribution >= 4 is 11.6 Å². The molecule has 0 bridgehead atoms. The first kappa shape index (κ1) is 20.9. The largest absolute Gasteiger partial charge is 0.322 e. The van der Waals surface area contributed by atoms with Crippen LogP contribution < -0.4 is 5.32 Å². The number of anilines is 1. The molecule has 6 rings (SSSR count). The number of nitrogens with one attached hydrogen (secondary N) is 1. The predicted molar refractivity (Wildman–Crippen MR) is 134 cm³/mol. The molecule has 1 aliphatic heterocycles. The first-order valence-corrected chi connectivity index (χ1v) is 12.2. The van der Waals surface area contributed by atoms with Crippen molar-refractivity contribution < 1.29 is 4.79 Å². The van der Waals surface area contributed by atoms with Crippen molar-refractivity contribution in [3.63, 3.8) is 0 Å². The second kappa shape index (κ2) is 8.95. The maximum Gasteiger partial charge on any atom is 0.261 e. The maximum absolute atomic E-state index is 13.4. The first-order valence-electron chi connectivity index (χ1n) is 12.2. The third-order valence-electron chi connectivity index (χ3n) is 7.23. The Hall–Kier alpha value is -3.64. The molecule has 4 aromatic rings. The van der Waals surface area contributed by atoms with Crippen molar-refractivity contribution in [2.24, 2.45) is 0 Å². The lowest BCUT2D eigenvalue weighted by Gasteiger charge is -2.36. The topological polar surface area (TPSA) is 55.1 Å². The maximum atomic E-state index is 13.4. The van der Waals surface area contributed by atoms with E-state index in [-0.39, 0.29) is 5.91 Å². The van der Waals surface area contributed by atoms with E-state index in [1.165, 1.54) is 30.4 Å². The highest BCUT2D eigenvalue weighted by Gasteiger charge is 2.26. The van der Waals surface area contributed by atoms with E-state index in [0.717, 1.165) is 49.2 Å². The molecule has 0 saturated heterocycles. The van der Waals surface area contributed by atoms with Crippen LogP contribution >= 0.6 is 0 Å². The van der Waals surface area contributed by atoms with Crippen LogP contribution in [0.1, 0.15) is 40.7 Å². The van der Waals surface area contributed by atoms with E-state index in [9.17, 15) is 4.79 Å². The molecule has 6 heteroatoms. The molecule has 3 heterocycles. The SMILES string of the molecule is O=C(Nc1ccc2c(c1)CCN(C1CCC1)CC2)c1cnn(-c2ccccc2)c1-n1cccc1. The zero-order valence-electron chi connectivity index (χ0n) is 19.2. The molecule has 0 spiro atoms. The van der Waals surface area contributed by atoms with Gasteiger partial charge in [-0.05, 0) is 73.2 Å². The molecule has 0 unspecified atom stereocenters. The molecule has 1 amide bonds. The zero-order chi connectivity index (χ0) is 22.9. The average Bonchev–Trinajstić information content (AvgIpc) is 3.46. The standard InChI is InChI=1S/C28H29N5O/c34-27(26-20-29-33(25-7-2-1-3-8-25)28(26)32-15-4-5-16-32)30-23-12-11-21-13-17-31(24-9-6-10-24)18-14-22(21)19-23/h1-5,7-8,11-12,15-16,19-20,24H,6,9-10,13-14,17-18H2,(H,30,34). The van der Waals surface area contributed by atoms with Crippen LogP contribution in [0.2, 0.25) is 0 Å². The minimum Gasteiger partial charge on any atom is -0.322 e. The fraction of sp³-hybridized carbons (Fsp3) is 0.286. The summed E-state index contributed by atoms with van der Waals surface area (Å²) in [6, 6.07) is 20.9. The van der Waals surface area contributed by atoms with Gasteiger partial charge in [0.2, 0.25) is 0 Å². The number of rotatable bonds is 5. The lowest BCUT2D eigenvalue weighted by Crippen LogP contribution is -2.41. The van der Waals surface area contributed by atoms with E-state index in [4.69, 9.17) is 0 Å². The number of hydrogen-bond donors (Lipinski definition) is 1. The molecule has 1 saturated carbocycles. The zero-order valence-corrected chi connectivity index (χ0v) is 19.2. The number of carbonyl (C=O) groups is 1. The fourth-order valence-electron chi connectivity index (χ4n) is 5.12. The molecule has 2 aromatic carbocycles. The Kier molecular flexibility index (Phi) is 5.51. The van der Waals surface area contributed by atoms with E-state index < -0.39 is 0 Å². The van der Waals surface area contributed by atoms with Gasteiger partial charge < -0.3 is 9.88 Å². The summed E-state index contributed by atoms with van der Waals surface area (Å²) < 4.78 is 3.74. The van der Waals surface area contributed by atoms with Crippen molar-refractivity contribution in [3.05, 3.63) is 95.9 Å². The Morgan fingerprint density at radius 3 is 2.41 bits per heavy atom. The normalized spacial score (nSPS) is 16.5. The van der Waals surface area contributed by atoms with E-state index in [1.807, 2.05) is 65.5 Å². The Labute approximate surface area is 199 Å². The van der Waals surface area contributed by atoms with E-state index >= 15 is 0 Å². The number of fused-ring (bicyclic) bond motifs is 1. The third-order valence-corrected chi connectivity index (χ3v) is 7.23. The monoisotopic (exact) mass is 451 g/mol. The van der Waals surface area contributed by atoms with Crippen LogP contribution in [-0.2, 0) is 12.8 Å². The van der Waals surface area contributed by atoms with Gasteiger partial charge in [0.25, 0.3) is 5.91 Å². The van der Waals surface area contributed by atoms with Crippen molar-refractivity contribution in [3.8, 4) is 11.5 Å². The van der Waals surface area contributed by atoms with Crippen LogP contribution in [0.3, 0.4) is 0 Å². The fourth-order valence-corrected chi connectivity index (χ4v) is 5.12. The Bertz CT molecular complexity index is 1290. The first-order chi connectivity index (χ1) is 16.8. The van der Waals surface area contributed by atoms with Crippen molar-refractivity contribution in [1.29, 1.82) is 0 Å². The van der Waals surface area contributed by atoms with Gasteiger partial charge in [0.15, 0.2) is 5.82 Å². The molecule has 1 aliphatic carbocycles. The Morgan fingerprint density at radius 2 is 1.68 bits per heavy atom. The summed E-state index contributed by atoms with van der Waals surface area (Å²) in [5.41, 5.74) is 5.04. The van der Waals surface area contributed by atoms with Crippen LogP contribution in [0.15, 0.2) is 79.3 Å². The van der Waals surface area contributed by atoms with Crippen LogP contribution in [0.25, 0.3) is 11.5 Å². The van der Waals surface area contributed by atoms with Crippen molar-refractivity contribution in [2.75, 3.05) is 18.4 Å². The molecule has 0 radical (unpaired) electrons. The number of para-hydroxylation sites is 1. The Morgan fingerprint density at radius 1 is 0.912 bits per heavy atom. The van der Waals surface area contributed by atoms with Crippen molar-refractivity contribution in [2.45, 2.75) is 38.1 Å². The van der Waals surface area contributed by atoms with Gasteiger partial charge in [0.05, 0.1) is 11.9 Å². The lowest BCUT2D eigenvalue weighted by molar-refractivity contribution is 0.102. The molecule has 6 nitrogen and oxygen atoms in total. The van der Waals surface area contributed by atoms with Gasteiger partial charge in [0.1, 0.15) is 5.56 Å². The number of carbonyl (C=O) groups excluding carboxylic acids is 1. The summed E-state index contributed by atoms with van der Waals surface area (Å²) in [6.07, 6.45) is 11.7. The molecule has 2 aromatic heterocycles. The highest BCUT2D eigenvalue weighted by atomic mass is 16.1. The highest BCUT2D eigenvalue weighted by Crippen LogP contribution is 2.28. The third kappa shape index (κ3) is 3.94. The van der Waals surface area contributed by atoms with Gasteiger partial charge in [-0.3, -0.25) is 9.69 Å². The van der Waals surface area contributed by atoms with Gasteiger partial charge in [-0.25, -0.2) is 4.68 Å². The number of benzene rings is 2. The van der Waals surface area contributed by atoms with Gasteiger partial charge in [-0.15, -0.1) is 0 Å². The summed E-state index contributed by atoms with van der Waals surface area (Å²) in [6.45, 7) is 2.25. The minimum absolute atomic E-state index is 0.157. The molecule has 1 N–H and O–H groups in total. The van der Waals surface area contributed by atoms with Crippen LogP contribution in [0.5, 0.6) is 0 Å². The summed E-state index contributed by atoms with van der Waals surface area (Å²) >= 11 is 0. The second-order valence-electron chi connectivity index (χ2n) is 9.28. The molecule has 2 aliphatic rings. The molecular formula is C28H29N5O. The van der Waals surface area contributed by atoms with Gasteiger partial charge >= 0.3 is 0 Å². The summed E-state index contributed by atoms with van der Waals surface area (Å²) in [7, 11) is 0. The van der Waals surface area contributed by atoms with Crippen LogP contribution in [0, 0.1) is 0 Å². The smallest absolute Gasteiger partial charge is 0.261 e. The second-order valence-corrected chi connectivity index (χ2v) is 9.28. The molecule has 1 fully saturated rings. The van der Waals surface area contributed by atoms with Crippen molar-refractivity contribution in [1.82, 2.24) is 19.2 Å². The summed E-state index contributed by atoms with van der Waals surface area (Å²) in [4.78, 5) is 16.1. The molecule has 172 valence electrons. The lowest BCUT2D eigenvalue weighted by atomic mass is 9.91. The van der Waals surface area contributed by atoms with E-state index in [1.54, 1.807) is 10.9 Å². The van der Waals surface area contributed by atoms with Gasteiger partial charge in [-0.1, -0.05) is 30.7 Å². The highest BCUT2D eigenvalue weighted by molar-refractivity contribution is 6.06. The molecule has 0 atom stereocenters. The number of aromatic nitrogens is 3. The predicted octanol–water partition coefficient (Wildman–Crippen LogP) is 4.87. The summed E-state index contributed by atoms with van der Waals surface area (Å²) in [5, 5.41) is 7.69. The van der Waals surface area contributed by atoms with E-state index in [0.29, 0.717) is 5.56 Å². The average molecular weight is 452 g/mol.